The van der Waals surface area contributed by atoms with Crippen LogP contribution in [-0.2, 0) is 14.8 Å². The van der Waals surface area contributed by atoms with Gasteiger partial charge in [0.15, 0.2) is 11.5 Å². The standard InChI is InChI=1S/C18H20N2O5S/c1-12-3-5-15(13(2)9-12)20-18(21)11-19-26(22,23)14-4-6-16-17(10-14)25-8-7-24-16/h3-6,9-10,19H,7-8,11H2,1-2H3,(H,20,21). The van der Waals surface area contributed by atoms with Gasteiger partial charge < -0.3 is 14.8 Å². The zero-order chi connectivity index (χ0) is 18.7. The lowest BCUT2D eigenvalue weighted by Gasteiger charge is -2.18. The van der Waals surface area contributed by atoms with Gasteiger partial charge in [-0.05, 0) is 37.6 Å². The molecule has 138 valence electrons. The maximum atomic E-state index is 12.4. The van der Waals surface area contributed by atoms with Crippen LogP contribution in [0.5, 0.6) is 11.5 Å². The second kappa shape index (κ2) is 7.35. The van der Waals surface area contributed by atoms with Gasteiger partial charge in [-0.2, -0.15) is 0 Å². The lowest BCUT2D eigenvalue weighted by Crippen LogP contribution is -2.33. The van der Waals surface area contributed by atoms with Gasteiger partial charge in [0.1, 0.15) is 13.2 Å². The Bertz CT molecular complexity index is 941. The third kappa shape index (κ3) is 4.14. The van der Waals surface area contributed by atoms with Gasteiger partial charge in [-0.25, -0.2) is 13.1 Å². The van der Waals surface area contributed by atoms with Gasteiger partial charge in [0, 0.05) is 11.8 Å². The number of aryl methyl sites for hydroxylation is 2. The van der Waals surface area contributed by atoms with Crippen molar-refractivity contribution in [2.75, 3.05) is 25.1 Å². The number of carbonyl (C=O) groups is 1. The summed E-state index contributed by atoms with van der Waals surface area (Å²) in [5, 5.41) is 2.70. The van der Waals surface area contributed by atoms with Crippen LogP contribution < -0.4 is 19.5 Å². The van der Waals surface area contributed by atoms with Crippen LogP contribution in [-0.4, -0.2) is 34.1 Å². The highest BCUT2D eigenvalue weighted by atomic mass is 32.2. The lowest BCUT2D eigenvalue weighted by atomic mass is 10.1. The van der Waals surface area contributed by atoms with Crippen LogP contribution >= 0.6 is 0 Å². The van der Waals surface area contributed by atoms with E-state index in [1.54, 1.807) is 12.1 Å². The zero-order valence-electron chi connectivity index (χ0n) is 14.5. The third-order valence-electron chi connectivity index (χ3n) is 3.90. The number of ether oxygens (including phenoxy) is 2. The number of sulfonamides is 1. The second-order valence-electron chi connectivity index (χ2n) is 6.00. The summed E-state index contributed by atoms with van der Waals surface area (Å²) in [6.45, 7) is 4.25. The van der Waals surface area contributed by atoms with Crippen LogP contribution in [0.4, 0.5) is 5.69 Å². The number of rotatable bonds is 5. The quantitative estimate of drug-likeness (QED) is 0.832. The van der Waals surface area contributed by atoms with E-state index in [-0.39, 0.29) is 11.4 Å². The number of hydrogen-bond acceptors (Lipinski definition) is 5. The molecule has 7 nitrogen and oxygen atoms in total. The maximum absolute atomic E-state index is 12.4. The molecular formula is C18H20N2O5S. The minimum absolute atomic E-state index is 0.0149. The van der Waals surface area contributed by atoms with Crippen molar-refractivity contribution in [3.63, 3.8) is 0 Å². The predicted octanol–water partition coefficient (Wildman–Crippen LogP) is 1.99. The van der Waals surface area contributed by atoms with Crippen molar-refractivity contribution in [2.45, 2.75) is 18.7 Å². The molecule has 0 saturated heterocycles. The van der Waals surface area contributed by atoms with Crippen molar-refractivity contribution in [3.05, 3.63) is 47.5 Å². The number of hydrogen-bond donors (Lipinski definition) is 2. The number of anilines is 1. The molecule has 8 heteroatoms. The van der Waals surface area contributed by atoms with E-state index < -0.39 is 15.9 Å². The normalized spacial score (nSPS) is 13.3. The Kier molecular flexibility index (Phi) is 5.15. The number of carbonyl (C=O) groups excluding carboxylic acids is 1. The third-order valence-corrected chi connectivity index (χ3v) is 5.30. The van der Waals surface area contributed by atoms with E-state index in [9.17, 15) is 13.2 Å². The summed E-state index contributed by atoms with van der Waals surface area (Å²) in [6.07, 6.45) is 0. The van der Waals surface area contributed by atoms with Crippen LogP contribution in [0.2, 0.25) is 0 Å². The van der Waals surface area contributed by atoms with E-state index in [1.807, 2.05) is 26.0 Å². The van der Waals surface area contributed by atoms with Crippen molar-refractivity contribution in [1.82, 2.24) is 4.72 Å². The van der Waals surface area contributed by atoms with E-state index in [0.717, 1.165) is 11.1 Å². The lowest BCUT2D eigenvalue weighted by molar-refractivity contribution is -0.115. The smallest absolute Gasteiger partial charge is 0.241 e. The molecule has 0 aliphatic carbocycles. The second-order valence-corrected chi connectivity index (χ2v) is 7.76. The Labute approximate surface area is 152 Å². The SMILES string of the molecule is Cc1ccc(NC(=O)CNS(=O)(=O)c2ccc3c(c2)OCCO3)c(C)c1. The predicted molar refractivity (Wildman–Crippen MR) is 97.2 cm³/mol. The highest BCUT2D eigenvalue weighted by molar-refractivity contribution is 7.89. The molecule has 0 radical (unpaired) electrons. The van der Waals surface area contributed by atoms with E-state index in [0.29, 0.717) is 30.4 Å². The van der Waals surface area contributed by atoms with Gasteiger partial charge in [0.25, 0.3) is 0 Å². The summed E-state index contributed by atoms with van der Waals surface area (Å²) >= 11 is 0. The topological polar surface area (TPSA) is 93.7 Å². The number of fused-ring (bicyclic) bond motifs is 1. The van der Waals surface area contributed by atoms with E-state index in [1.165, 1.54) is 12.1 Å². The van der Waals surface area contributed by atoms with Gasteiger partial charge in [0.2, 0.25) is 15.9 Å². The average Bonchev–Trinajstić information content (AvgIpc) is 2.62. The fourth-order valence-electron chi connectivity index (χ4n) is 2.58. The molecule has 3 rings (SSSR count). The molecule has 0 atom stereocenters. The summed E-state index contributed by atoms with van der Waals surface area (Å²) in [6, 6.07) is 9.95. The Morgan fingerprint density at radius 1 is 1.04 bits per heavy atom. The molecule has 0 fully saturated rings. The van der Waals surface area contributed by atoms with E-state index in [4.69, 9.17) is 9.47 Å². The van der Waals surface area contributed by atoms with Crippen molar-refractivity contribution < 1.29 is 22.7 Å². The molecule has 1 amide bonds. The minimum atomic E-state index is -3.84. The van der Waals surface area contributed by atoms with Gasteiger partial charge in [0.05, 0.1) is 11.4 Å². The first-order valence-corrected chi connectivity index (χ1v) is 9.60. The van der Waals surface area contributed by atoms with Crippen molar-refractivity contribution in [2.24, 2.45) is 0 Å². The van der Waals surface area contributed by atoms with Crippen LogP contribution in [0.1, 0.15) is 11.1 Å². The summed E-state index contributed by atoms with van der Waals surface area (Å²) in [5.74, 6) is 0.430. The molecule has 2 aromatic rings. The van der Waals surface area contributed by atoms with Gasteiger partial charge in [-0.15, -0.1) is 0 Å². The molecule has 1 aliphatic heterocycles. The summed E-state index contributed by atoms with van der Waals surface area (Å²) in [4.78, 5) is 12.1. The number of benzene rings is 2. The Morgan fingerprint density at radius 3 is 2.50 bits per heavy atom. The summed E-state index contributed by atoms with van der Waals surface area (Å²) in [7, 11) is -3.84. The molecule has 0 aromatic heterocycles. The monoisotopic (exact) mass is 376 g/mol. The first-order chi connectivity index (χ1) is 12.3. The molecule has 2 aromatic carbocycles. The maximum Gasteiger partial charge on any atom is 0.241 e. The Balaban J connectivity index is 1.65. The molecule has 2 N–H and O–H groups in total. The van der Waals surface area contributed by atoms with Gasteiger partial charge >= 0.3 is 0 Å². The van der Waals surface area contributed by atoms with E-state index in [2.05, 4.69) is 10.0 Å². The molecular weight excluding hydrogens is 356 g/mol. The fourth-order valence-corrected chi connectivity index (χ4v) is 3.58. The highest BCUT2D eigenvalue weighted by Gasteiger charge is 2.20. The summed E-state index contributed by atoms with van der Waals surface area (Å²) < 4.78 is 37.9. The first kappa shape index (κ1) is 18.2. The molecule has 0 saturated carbocycles. The largest absolute Gasteiger partial charge is 0.486 e. The molecule has 0 bridgehead atoms. The minimum Gasteiger partial charge on any atom is -0.486 e. The summed E-state index contributed by atoms with van der Waals surface area (Å²) in [5.41, 5.74) is 2.65. The van der Waals surface area contributed by atoms with Crippen molar-refractivity contribution >= 4 is 21.6 Å². The van der Waals surface area contributed by atoms with Crippen LogP contribution in [0.15, 0.2) is 41.3 Å². The molecule has 0 spiro atoms. The Morgan fingerprint density at radius 2 is 1.77 bits per heavy atom. The average molecular weight is 376 g/mol. The number of amides is 1. The first-order valence-electron chi connectivity index (χ1n) is 8.11. The van der Waals surface area contributed by atoms with Crippen LogP contribution in [0.3, 0.4) is 0 Å². The van der Waals surface area contributed by atoms with Crippen molar-refractivity contribution in [3.8, 4) is 11.5 Å². The van der Waals surface area contributed by atoms with Crippen LogP contribution in [0.25, 0.3) is 0 Å². The molecule has 1 heterocycles. The molecule has 26 heavy (non-hydrogen) atoms. The van der Waals surface area contributed by atoms with Crippen molar-refractivity contribution in [1.29, 1.82) is 0 Å². The molecule has 0 unspecified atom stereocenters. The van der Waals surface area contributed by atoms with Gasteiger partial charge in [-0.1, -0.05) is 17.7 Å². The highest BCUT2D eigenvalue weighted by Crippen LogP contribution is 2.32. The molecule has 1 aliphatic rings. The zero-order valence-corrected chi connectivity index (χ0v) is 15.4. The van der Waals surface area contributed by atoms with E-state index >= 15 is 0 Å². The number of nitrogens with one attached hydrogen (secondary N) is 2. The van der Waals surface area contributed by atoms with Gasteiger partial charge in [-0.3, -0.25) is 4.79 Å². The Hall–Kier alpha value is -2.58. The van der Waals surface area contributed by atoms with Crippen LogP contribution in [0, 0.1) is 13.8 Å². The fraction of sp³-hybridized carbons (Fsp3) is 0.278.